The van der Waals surface area contributed by atoms with E-state index in [9.17, 15) is 23.2 Å². The molecular weight excluding hydrogens is 386 g/mol. The lowest BCUT2D eigenvalue weighted by Crippen LogP contribution is -2.41. The minimum atomic E-state index is -1.63. The number of carbonyl (C=O) groups is 3. The van der Waals surface area contributed by atoms with Crippen LogP contribution in [0.3, 0.4) is 0 Å². The van der Waals surface area contributed by atoms with E-state index in [2.05, 4.69) is 5.32 Å². The topological polar surface area (TPSA) is 84.9 Å². The summed E-state index contributed by atoms with van der Waals surface area (Å²) in [7, 11) is 2.84. The summed E-state index contributed by atoms with van der Waals surface area (Å²) in [5.74, 6) is -2.82. The third kappa shape index (κ3) is 3.51. The minimum Gasteiger partial charge on any atom is -0.497 e. The molecule has 0 bridgehead atoms. The molecular formula is C20H18F2N2O5. The Morgan fingerprint density at radius 2 is 1.79 bits per heavy atom. The Kier molecular flexibility index (Phi) is 5.23. The Balaban J connectivity index is 1.87. The smallest absolute Gasteiger partial charge is 0.325 e. The SMILES string of the molecule is COc1ccc(C(=O)CN2C(=O)N[C@@](C)(c3ccc(F)c(F)c3)C2=O)c(OC)c1. The van der Waals surface area contributed by atoms with Gasteiger partial charge in [-0.15, -0.1) is 0 Å². The Morgan fingerprint density at radius 1 is 1.07 bits per heavy atom. The number of Topliss-reactive ketones (excluding diaryl/α,β-unsaturated/α-hetero) is 1. The van der Waals surface area contributed by atoms with Gasteiger partial charge in [0.2, 0.25) is 0 Å². The van der Waals surface area contributed by atoms with E-state index in [1.807, 2.05) is 0 Å². The Morgan fingerprint density at radius 3 is 2.41 bits per heavy atom. The molecule has 0 radical (unpaired) electrons. The van der Waals surface area contributed by atoms with Crippen LogP contribution in [0.2, 0.25) is 0 Å². The quantitative estimate of drug-likeness (QED) is 0.591. The Hall–Kier alpha value is -3.49. The number of halogens is 2. The molecule has 7 nitrogen and oxygen atoms in total. The van der Waals surface area contributed by atoms with Gasteiger partial charge >= 0.3 is 6.03 Å². The molecule has 1 aliphatic heterocycles. The van der Waals surface area contributed by atoms with E-state index >= 15 is 0 Å². The molecule has 0 unspecified atom stereocenters. The molecule has 0 saturated carbocycles. The summed E-state index contributed by atoms with van der Waals surface area (Å²) in [6.07, 6.45) is 0. The van der Waals surface area contributed by atoms with E-state index in [0.717, 1.165) is 17.0 Å². The summed E-state index contributed by atoms with van der Waals surface area (Å²) in [6.45, 7) is 0.810. The number of nitrogens with one attached hydrogen (secondary N) is 1. The predicted molar refractivity (Wildman–Crippen MR) is 97.8 cm³/mol. The van der Waals surface area contributed by atoms with Gasteiger partial charge < -0.3 is 14.8 Å². The fraction of sp³-hybridized carbons (Fsp3) is 0.250. The summed E-state index contributed by atoms with van der Waals surface area (Å²) in [5.41, 5.74) is -1.40. The van der Waals surface area contributed by atoms with Crippen molar-refractivity contribution < 1.29 is 32.6 Å². The first-order valence-electron chi connectivity index (χ1n) is 8.56. The number of imide groups is 1. The van der Waals surface area contributed by atoms with E-state index in [1.165, 1.54) is 39.3 Å². The molecule has 1 fully saturated rings. The van der Waals surface area contributed by atoms with Crippen LogP contribution in [-0.4, -0.2) is 43.4 Å². The summed E-state index contributed by atoms with van der Waals surface area (Å²) >= 11 is 0. The van der Waals surface area contributed by atoms with Crippen molar-refractivity contribution in [3.05, 3.63) is 59.2 Å². The van der Waals surface area contributed by atoms with Crippen molar-refractivity contribution in [2.24, 2.45) is 0 Å². The normalized spacial score (nSPS) is 18.6. The maximum absolute atomic E-state index is 13.6. The van der Waals surface area contributed by atoms with Crippen molar-refractivity contribution in [2.75, 3.05) is 20.8 Å². The van der Waals surface area contributed by atoms with E-state index in [0.29, 0.717) is 5.75 Å². The highest BCUT2D eigenvalue weighted by atomic mass is 19.2. The second-order valence-corrected chi connectivity index (χ2v) is 6.56. The Labute approximate surface area is 165 Å². The lowest BCUT2D eigenvalue weighted by Gasteiger charge is -2.22. The molecule has 1 saturated heterocycles. The largest absolute Gasteiger partial charge is 0.497 e. The van der Waals surface area contributed by atoms with Gasteiger partial charge in [0.15, 0.2) is 17.4 Å². The van der Waals surface area contributed by atoms with Crippen LogP contribution in [-0.2, 0) is 10.3 Å². The number of amides is 3. The van der Waals surface area contributed by atoms with E-state index in [1.54, 1.807) is 6.07 Å². The third-order valence-corrected chi connectivity index (χ3v) is 4.78. The molecule has 2 aromatic carbocycles. The number of ketones is 1. The Bertz CT molecular complexity index is 1010. The van der Waals surface area contributed by atoms with Crippen molar-refractivity contribution in [1.82, 2.24) is 10.2 Å². The fourth-order valence-electron chi connectivity index (χ4n) is 3.10. The van der Waals surface area contributed by atoms with Crippen LogP contribution in [0.25, 0.3) is 0 Å². The summed E-state index contributed by atoms with van der Waals surface area (Å²) in [6, 6.07) is 6.61. The van der Waals surface area contributed by atoms with E-state index in [-0.39, 0.29) is 16.9 Å². The van der Waals surface area contributed by atoms with Crippen LogP contribution in [0.1, 0.15) is 22.8 Å². The fourth-order valence-corrected chi connectivity index (χ4v) is 3.10. The number of hydrogen-bond acceptors (Lipinski definition) is 5. The molecule has 3 rings (SSSR count). The first-order chi connectivity index (χ1) is 13.7. The third-order valence-electron chi connectivity index (χ3n) is 4.78. The standard InChI is InChI=1S/C20H18F2N2O5/c1-20(11-4-7-14(21)15(22)8-11)18(26)24(19(27)23-20)10-16(25)13-6-5-12(28-2)9-17(13)29-3/h4-9H,10H2,1-3H3,(H,23,27)/t20-/m0/s1. The molecule has 3 amide bonds. The molecule has 0 aromatic heterocycles. The van der Waals surface area contributed by atoms with Crippen molar-refractivity contribution in [3.63, 3.8) is 0 Å². The molecule has 1 aliphatic rings. The second-order valence-electron chi connectivity index (χ2n) is 6.56. The number of carbonyl (C=O) groups excluding carboxylic acids is 3. The highest BCUT2D eigenvalue weighted by molar-refractivity contribution is 6.11. The first kappa shape index (κ1) is 20.2. The first-order valence-corrected chi connectivity index (χ1v) is 8.56. The van der Waals surface area contributed by atoms with Gasteiger partial charge in [0.1, 0.15) is 17.0 Å². The zero-order valence-corrected chi connectivity index (χ0v) is 15.9. The number of nitrogens with zero attached hydrogens (tertiary/aromatic N) is 1. The second kappa shape index (κ2) is 7.50. The monoisotopic (exact) mass is 404 g/mol. The van der Waals surface area contributed by atoms with Gasteiger partial charge in [0.05, 0.1) is 26.3 Å². The van der Waals surface area contributed by atoms with Gasteiger partial charge in [-0.2, -0.15) is 0 Å². The molecule has 29 heavy (non-hydrogen) atoms. The highest BCUT2D eigenvalue weighted by Crippen LogP contribution is 2.31. The molecule has 0 spiro atoms. The van der Waals surface area contributed by atoms with Gasteiger partial charge in [-0.25, -0.2) is 13.6 Å². The van der Waals surface area contributed by atoms with E-state index < -0.39 is 41.4 Å². The van der Waals surface area contributed by atoms with Gasteiger partial charge in [-0.3, -0.25) is 14.5 Å². The summed E-state index contributed by atoms with van der Waals surface area (Å²) in [4.78, 5) is 38.7. The number of urea groups is 1. The van der Waals surface area contributed by atoms with E-state index in [4.69, 9.17) is 9.47 Å². The van der Waals surface area contributed by atoms with Crippen LogP contribution in [0.4, 0.5) is 13.6 Å². The minimum absolute atomic E-state index is 0.0618. The van der Waals surface area contributed by atoms with Crippen LogP contribution in [0.5, 0.6) is 11.5 Å². The van der Waals surface area contributed by atoms with Crippen LogP contribution < -0.4 is 14.8 Å². The number of hydrogen-bond donors (Lipinski definition) is 1. The molecule has 1 heterocycles. The summed E-state index contributed by atoms with van der Waals surface area (Å²) < 4.78 is 37.1. The molecule has 1 N–H and O–H groups in total. The van der Waals surface area contributed by atoms with Crippen molar-refractivity contribution >= 4 is 17.7 Å². The maximum Gasteiger partial charge on any atom is 0.325 e. The highest BCUT2D eigenvalue weighted by Gasteiger charge is 2.49. The van der Waals surface area contributed by atoms with Crippen LogP contribution in [0.15, 0.2) is 36.4 Å². The van der Waals surface area contributed by atoms with Gasteiger partial charge in [-0.05, 0) is 36.8 Å². The predicted octanol–water partition coefficient (Wildman–Crippen LogP) is 2.63. The van der Waals surface area contributed by atoms with Crippen molar-refractivity contribution in [2.45, 2.75) is 12.5 Å². The van der Waals surface area contributed by atoms with Gasteiger partial charge in [0, 0.05) is 6.07 Å². The molecule has 152 valence electrons. The number of benzene rings is 2. The number of ether oxygens (including phenoxy) is 2. The molecule has 2 aromatic rings. The number of rotatable bonds is 6. The van der Waals surface area contributed by atoms with Crippen LogP contribution >= 0.6 is 0 Å². The zero-order valence-electron chi connectivity index (χ0n) is 15.9. The van der Waals surface area contributed by atoms with Gasteiger partial charge in [-0.1, -0.05) is 6.07 Å². The average Bonchev–Trinajstić information content (AvgIpc) is 2.93. The number of methoxy groups -OCH3 is 2. The molecule has 1 atom stereocenters. The summed E-state index contributed by atoms with van der Waals surface area (Å²) in [5, 5.41) is 2.44. The van der Waals surface area contributed by atoms with Crippen molar-refractivity contribution in [1.29, 1.82) is 0 Å². The average molecular weight is 404 g/mol. The lowest BCUT2D eigenvalue weighted by molar-refractivity contribution is -0.130. The lowest BCUT2D eigenvalue weighted by atomic mass is 9.92. The van der Waals surface area contributed by atoms with Gasteiger partial charge in [0.25, 0.3) is 5.91 Å². The maximum atomic E-state index is 13.6. The van der Waals surface area contributed by atoms with Crippen LogP contribution in [0, 0.1) is 11.6 Å². The molecule has 0 aliphatic carbocycles. The molecule has 9 heteroatoms. The zero-order chi connectivity index (χ0) is 21.3. The van der Waals surface area contributed by atoms with Crippen molar-refractivity contribution in [3.8, 4) is 11.5 Å².